The van der Waals surface area contributed by atoms with Crippen LogP contribution in [0.3, 0.4) is 0 Å². The van der Waals surface area contributed by atoms with Crippen molar-refractivity contribution >= 4 is 0 Å². The average molecular weight is 279 g/mol. The first kappa shape index (κ1) is 17.4. The van der Waals surface area contributed by atoms with Gasteiger partial charge in [0.25, 0.3) is 0 Å². The van der Waals surface area contributed by atoms with Crippen LogP contribution in [-0.4, -0.2) is 15.1 Å². The van der Waals surface area contributed by atoms with Crippen molar-refractivity contribution in [3.63, 3.8) is 0 Å². The molecule has 6 nitrogen and oxygen atoms in total. The van der Waals surface area contributed by atoms with Crippen molar-refractivity contribution in [3.8, 4) is 0 Å². The predicted molar refractivity (Wildman–Crippen MR) is 58.8 cm³/mol. The fraction of sp³-hybridized carbons (Fsp3) is 0. The van der Waals surface area contributed by atoms with Gasteiger partial charge in [-0.05, 0) is 24.3 Å². The SMILES string of the molecule is O=[N+]([O-])[O-].[Ni].c1ccncc1.c1ccncc1. The van der Waals surface area contributed by atoms with Crippen molar-refractivity contribution < 1.29 is 21.6 Å². The van der Waals surface area contributed by atoms with E-state index in [1.54, 1.807) is 24.8 Å². The zero-order valence-electron chi connectivity index (χ0n) is 8.66. The van der Waals surface area contributed by atoms with E-state index < -0.39 is 5.09 Å². The second-order valence-electron chi connectivity index (χ2n) is 2.27. The largest absolute Gasteiger partial charge is 0.356 e. The Morgan fingerprint density at radius 1 is 0.706 bits per heavy atom. The number of rotatable bonds is 0. The van der Waals surface area contributed by atoms with Crippen molar-refractivity contribution in [3.05, 3.63) is 76.5 Å². The number of hydrogen-bond donors (Lipinski definition) is 0. The number of hydrogen-bond acceptors (Lipinski definition) is 5. The molecule has 0 radical (unpaired) electrons. The minimum Gasteiger partial charge on any atom is -0.356 e. The van der Waals surface area contributed by atoms with E-state index in [0.717, 1.165) is 0 Å². The van der Waals surface area contributed by atoms with Gasteiger partial charge in [-0.15, -0.1) is 0 Å². The molecule has 0 unspecified atom stereocenters. The van der Waals surface area contributed by atoms with Crippen LogP contribution in [0, 0.1) is 15.3 Å². The van der Waals surface area contributed by atoms with E-state index in [1.165, 1.54) is 0 Å². The third kappa shape index (κ3) is 20.2. The van der Waals surface area contributed by atoms with Crippen molar-refractivity contribution in [2.75, 3.05) is 0 Å². The molecule has 0 aliphatic carbocycles. The number of aromatic nitrogens is 2. The molecule has 2 aromatic heterocycles. The maximum Gasteiger partial charge on any atom is 0.0689 e. The second-order valence-corrected chi connectivity index (χ2v) is 2.27. The van der Waals surface area contributed by atoms with Crippen LogP contribution in [0.1, 0.15) is 0 Å². The summed E-state index contributed by atoms with van der Waals surface area (Å²) in [5, 5.41) is 14.8. The zero-order valence-corrected chi connectivity index (χ0v) is 9.64. The molecule has 2 rings (SSSR count). The number of nitrogens with zero attached hydrogens (tertiary/aromatic N) is 3. The topological polar surface area (TPSA) is 92.0 Å². The zero-order chi connectivity index (χ0) is 12.1. The van der Waals surface area contributed by atoms with Gasteiger partial charge in [0.05, 0.1) is 5.09 Å². The summed E-state index contributed by atoms with van der Waals surface area (Å²) in [5.41, 5.74) is 0. The van der Waals surface area contributed by atoms with Crippen LogP contribution in [0.25, 0.3) is 0 Å². The van der Waals surface area contributed by atoms with Gasteiger partial charge in [0, 0.05) is 41.3 Å². The van der Waals surface area contributed by atoms with E-state index in [9.17, 15) is 0 Å². The van der Waals surface area contributed by atoms with Crippen LogP contribution >= 0.6 is 0 Å². The van der Waals surface area contributed by atoms with Crippen LogP contribution in [0.5, 0.6) is 0 Å². The van der Waals surface area contributed by atoms with Crippen molar-refractivity contribution in [2.24, 2.45) is 0 Å². The van der Waals surface area contributed by atoms with Gasteiger partial charge in [-0.25, -0.2) is 0 Å². The Morgan fingerprint density at radius 2 is 0.941 bits per heavy atom. The molecule has 94 valence electrons. The Bertz CT molecular complexity index is 273. The normalized spacial score (nSPS) is 7.06. The minimum atomic E-state index is -1.75. The van der Waals surface area contributed by atoms with Crippen molar-refractivity contribution in [1.29, 1.82) is 0 Å². The Morgan fingerprint density at radius 3 is 1.00 bits per heavy atom. The monoisotopic (exact) mass is 278 g/mol. The quantitative estimate of drug-likeness (QED) is 0.417. The van der Waals surface area contributed by atoms with Gasteiger partial charge in [0.1, 0.15) is 0 Å². The van der Waals surface area contributed by atoms with Crippen LogP contribution < -0.4 is 0 Å². The summed E-state index contributed by atoms with van der Waals surface area (Å²) in [5.74, 6) is 0. The summed E-state index contributed by atoms with van der Waals surface area (Å²) in [6.07, 6.45) is 7.00. The van der Waals surface area contributed by atoms with E-state index in [-0.39, 0.29) is 16.5 Å². The molecule has 0 amide bonds. The molecule has 0 N–H and O–H groups in total. The average Bonchev–Trinajstić information content (AvgIpc) is 2.34. The molecule has 0 saturated carbocycles. The molecule has 2 heterocycles. The van der Waals surface area contributed by atoms with Gasteiger partial charge >= 0.3 is 0 Å². The molecule has 2 aromatic rings. The van der Waals surface area contributed by atoms with Crippen molar-refractivity contribution in [2.45, 2.75) is 0 Å². The van der Waals surface area contributed by atoms with Gasteiger partial charge in [-0.2, -0.15) is 0 Å². The first-order valence-corrected chi connectivity index (χ1v) is 4.25. The second kappa shape index (κ2) is 14.0. The fourth-order valence-corrected chi connectivity index (χ4v) is 0.625. The summed E-state index contributed by atoms with van der Waals surface area (Å²) in [7, 11) is 0. The standard InChI is InChI=1S/2C5H5N.NO3.Ni/c2*1-2-4-6-5-3-1;2-1(3)4;/h2*1-5H;;/q;;-1;. The van der Waals surface area contributed by atoms with Crippen LogP contribution in [0.2, 0.25) is 0 Å². The molecule has 0 aliphatic heterocycles. The minimum absolute atomic E-state index is 0. The summed E-state index contributed by atoms with van der Waals surface area (Å²) in [6.45, 7) is 0. The first-order chi connectivity index (χ1) is 7.73. The molecular weight excluding hydrogens is 269 g/mol. The molecule has 0 bridgehead atoms. The van der Waals surface area contributed by atoms with E-state index >= 15 is 0 Å². The molecule has 0 spiro atoms. The van der Waals surface area contributed by atoms with E-state index in [0.29, 0.717) is 0 Å². The maximum atomic E-state index is 8.25. The van der Waals surface area contributed by atoms with E-state index in [1.807, 2.05) is 36.4 Å². The van der Waals surface area contributed by atoms with Gasteiger partial charge < -0.3 is 15.3 Å². The third-order valence-electron chi connectivity index (χ3n) is 1.13. The van der Waals surface area contributed by atoms with Crippen LogP contribution in [-0.2, 0) is 16.5 Å². The Kier molecular flexibility index (Phi) is 14.3. The fourth-order valence-electron chi connectivity index (χ4n) is 0.625. The van der Waals surface area contributed by atoms with E-state index in [2.05, 4.69) is 9.97 Å². The molecule has 7 heteroatoms. The summed E-state index contributed by atoms with van der Waals surface area (Å²) < 4.78 is 0. The smallest absolute Gasteiger partial charge is 0.0689 e. The number of pyridine rings is 2. The molecule has 0 aliphatic rings. The molecule has 17 heavy (non-hydrogen) atoms. The van der Waals surface area contributed by atoms with E-state index in [4.69, 9.17) is 15.3 Å². The molecule has 0 fully saturated rings. The Hall–Kier alpha value is -2.01. The third-order valence-corrected chi connectivity index (χ3v) is 1.13. The van der Waals surface area contributed by atoms with Gasteiger partial charge in [-0.3, -0.25) is 9.97 Å². The summed E-state index contributed by atoms with van der Waals surface area (Å²) in [6, 6.07) is 11.4. The summed E-state index contributed by atoms with van der Waals surface area (Å²) >= 11 is 0. The Labute approximate surface area is 108 Å². The Balaban J connectivity index is 0. The predicted octanol–water partition coefficient (Wildman–Crippen LogP) is 1.92. The van der Waals surface area contributed by atoms with Gasteiger partial charge in [0.15, 0.2) is 0 Å². The van der Waals surface area contributed by atoms with Crippen molar-refractivity contribution in [1.82, 2.24) is 9.97 Å². The van der Waals surface area contributed by atoms with Crippen LogP contribution in [0.4, 0.5) is 0 Å². The first-order valence-electron chi connectivity index (χ1n) is 4.25. The molecular formula is C10H10N3NiO3-. The van der Waals surface area contributed by atoms with Crippen LogP contribution in [0.15, 0.2) is 61.2 Å². The molecule has 0 saturated heterocycles. The van der Waals surface area contributed by atoms with Gasteiger partial charge in [0.2, 0.25) is 0 Å². The maximum absolute atomic E-state index is 8.25. The molecule has 0 atom stereocenters. The summed E-state index contributed by atoms with van der Waals surface area (Å²) in [4.78, 5) is 15.8. The molecule has 0 aromatic carbocycles. The van der Waals surface area contributed by atoms with Gasteiger partial charge in [-0.1, -0.05) is 12.1 Å².